The zero-order chi connectivity index (χ0) is 12.3. The number of rotatable bonds is 3. The molecule has 0 aliphatic rings. The van der Waals surface area contributed by atoms with E-state index in [4.69, 9.17) is 0 Å². The number of carbonyl (C=O) groups excluding carboxylic acids is 1. The Morgan fingerprint density at radius 2 is 2.25 bits per heavy atom. The van der Waals surface area contributed by atoms with E-state index in [0.717, 1.165) is 7.11 Å². The third-order valence-electron chi connectivity index (χ3n) is 1.90. The second-order valence-corrected chi connectivity index (χ2v) is 3.73. The van der Waals surface area contributed by atoms with Gasteiger partial charge in [-0.25, -0.2) is 0 Å². The third-order valence-corrected chi connectivity index (χ3v) is 2.51. The molecule has 86 valence electrons. The first-order chi connectivity index (χ1) is 7.47. The number of esters is 1. The molecule has 0 aromatic heterocycles. The number of nitro benzene ring substituents is 1. The fourth-order valence-electron chi connectivity index (χ4n) is 1.15. The van der Waals surface area contributed by atoms with E-state index >= 15 is 0 Å². The van der Waals surface area contributed by atoms with Crippen LogP contribution in [-0.2, 0) is 16.0 Å². The van der Waals surface area contributed by atoms with Gasteiger partial charge in [-0.2, -0.15) is 4.39 Å². The molecule has 1 aromatic carbocycles. The molecule has 0 radical (unpaired) electrons. The summed E-state index contributed by atoms with van der Waals surface area (Å²) in [5.41, 5.74) is -0.725. The van der Waals surface area contributed by atoms with Gasteiger partial charge < -0.3 is 4.74 Å². The van der Waals surface area contributed by atoms with Crippen molar-refractivity contribution in [3.63, 3.8) is 0 Å². The number of ether oxygens (including phenoxy) is 1. The van der Waals surface area contributed by atoms with E-state index in [1.165, 1.54) is 12.1 Å². The molecule has 5 nitrogen and oxygen atoms in total. The molecule has 1 rings (SSSR count). The van der Waals surface area contributed by atoms with Crippen molar-refractivity contribution in [1.82, 2.24) is 0 Å². The SMILES string of the molecule is COC(=O)Cc1ccc(Br)c(F)c1[N+](=O)[O-]. The highest BCUT2D eigenvalue weighted by Gasteiger charge is 2.24. The second-order valence-electron chi connectivity index (χ2n) is 2.88. The van der Waals surface area contributed by atoms with Crippen molar-refractivity contribution in [2.45, 2.75) is 6.42 Å². The number of hydrogen-bond donors (Lipinski definition) is 0. The lowest BCUT2D eigenvalue weighted by Gasteiger charge is -2.03. The summed E-state index contributed by atoms with van der Waals surface area (Å²) in [6.45, 7) is 0. The monoisotopic (exact) mass is 291 g/mol. The third kappa shape index (κ3) is 2.54. The summed E-state index contributed by atoms with van der Waals surface area (Å²) < 4.78 is 17.8. The molecule has 1 aromatic rings. The Hall–Kier alpha value is -1.50. The quantitative estimate of drug-likeness (QED) is 0.486. The fraction of sp³-hybridized carbons (Fsp3) is 0.222. The van der Waals surface area contributed by atoms with Gasteiger partial charge in [-0.1, -0.05) is 6.07 Å². The topological polar surface area (TPSA) is 69.4 Å². The molecule has 7 heteroatoms. The Balaban J connectivity index is 3.23. The van der Waals surface area contributed by atoms with Crippen molar-refractivity contribution < 1.29 is 18.8 Å². The number of nitro groups is 1. The highest BCUT2D eigenvalue weighted by Crippen LogP contribution is 2.29. The van der Waals surface area contributed by atoms with E-state index in [-0.39, 0.29) is 16.5 Å². The minimum Gasteiger partial charge on any atom is -0.469 e. The largest absolute Gasteiger partial charge is 0.469 e. The minimum absolute atomic E-state index is 0.0162. The van der Waals surface area contributed by atoms with Crippen LogP contribution in [0.3, 0.4) is 0 Å². The molecule has 0 heterocycles. The summed E-state index contributed by atoms with van der Waals surface area (Å²) in [6, 6.07) is 2.61. The Kier molecular flexibility index (Phi) is 3.94. The van der Waals surface area contributed by atoms with E-state index in [2.05, 4.69) is 20.7 Å². The van der Waals surface area contributed by atoms with Crippen LogP contribution in [0.15, 0.2) is 16.6 Å². The summed E-state index contributed by atoms with van der Waals surface area (Å²) in [5.74, 6) is -1.66. The molecule has 0 saturated carbocycles. The molecule has 0 aliphatic heterocycles. The van der Waals surface area contributed by atoms with Crippen LogP contribution in [-0.4, -0.2) is 18.0 Å². The second kappa shape index (κ2) is 5.02. The zero-order valence-corrected chi connectivity index (χ0v) is 9.78. The highest BCUT2D eigenvalue weighted by molar-refractivity contribution is 9.10. The lowest BCUT2D eigenvalue weighted by Crippen LogP contribution is -2.08. The summed E-state index contributed by atoms with van der Waals surface area (Å²) in [7, 11) is 1.16. The van der Waals surface area contributed by atoms with Gasteiger partial charge in [-0.15, -0.1) is 0 Å². The van der Waals surface area contributed by atoms with Gasteiger partial charge in [0, 0.05) is 5.56 Å². The van der Waals surface area contributed by atoms with Crippen molar-refractivity contribution in [2.24, 2.45) is 0 Å². The van der Waals surface area contributed by atoms with Crippen LogP contribution in [0.2, 0.25) is 0 Å². The van der Waals surface area contributed by atoms with Gasteiger partial charge in [0.25, 0.3) is 0 Å². The predicted octanol–water partition coefficient (Wildman–Crippen LogP) is 2.21. The molecular formula is C9H7BrFNO4. The molecule has 0 saturated heterocycles. The van der Waals surface area contributed by atoms with Crippen molar-refractivity contribution in [3.8, 4) is 0 Å². The van der Waals surface area contributed by atoms with Crippen molar-refractivity contribution in [1.29, 1.82) is 0 Å². The molecule has 0 fully saturated rings. The average Bonchev–Trinajstić information content (AvgIpc) is 2.23. The number of nitrogens with zero attached hydrogens (tertiary/aromatic N) is 1. The summed E-state index contributed by atoms with van der Waals surface area (Å²) >= 11 is 2.84. The van der Waals surface area contributed by atoms with Crippen LogP contribution in [0.5, 0.6) is 0 Å². The van der Waals surface area contributed by atoms with Crippen LogP contribution in [0.25, 0.3) is 0 Å². The smallest absolute Gasteiger partial charge is 0.310 e. The van der Waals surface area contributed by atoms with Gasteiger partial charge in [0.1, 0.15) is 0 Å². The standard InChI is InChI=1S/C9H7BrFNO4/c1-16-7(13)4-5-2-3-6(10)8(11)9(5)12(14)15/h2-3H,4H2,1H3. The van der Waals surface area contributed by atoms with E-state index in [1.807, 2.05) is 0 Å². The van der Waals surface area contributed by atoms with Crippen LogP contribution < -0.4 is 0 Å². The van der Waals surface area contributed by atoms with Gasteiger partial charge in [0.2, 0.25) is 5.82 Å². The molecule has 0 amide bonds. The van der Waals surface area contributed by atoms with Crippen LogP contribution in [0.4, 0.5) is 10.1 Å². The van der Waals surface area contributed by atoms with E-state index in [9.17, 15) is 19.3 Å². The zero-order valence-electron chi connectivity index (χ0n) is 8.20. The van der Waals surface area contributed by atoms with Crippen LogP contribution >= 0.6 is 15.9 Å². The summed E-state index contributed by atoms with van der Waals surface area (Å²) in [5, 5.41) is 10.7. The minimum atomic E-state index is -0.994. The molecule has 0 unspecified atom stereocenters. The fourth-order valence-corrected chi connectivity index (χ4v) is 1.47. The van der Waals surface area contributed by atoms with Gasteiger partial charge >= 0.3 is 11.7 Å². The molecule has 0 atom stereocenters. The first-order valence-electron chi connectivity index (χ1n) is 4.15. The number of methoxy groups -OCH3 is 1. The first kappa shape index (κ1) is 12.6. The van der Waals surface area contributed by atoms with E-state index in [1.54, 1.807) is 0 Å². The Bertz CT molecular complexity index is 449. The van der Waals surface area contributed by atoms with Crippen molar-refractivity contribution in [2.75, 3.05) is 7.11 Å². The number of benzene rings is 1. The van der Waals surface area contributed by atoms with Gasteiger partial charge in [0.15, 0.2) is 0 Å². The normalized spacial score (nSPS) is 9.94. The van der Waals surface area contributed by atoms with Crippen LogP contribution in [0, 0.1) is 15.9 Å². The Morgan fingerprint density at radius 3 is 2.75 bits per heavy atom. The lowest BCUT2D eigenvalue weighted by atomic mass is 10.1. The maximum atomic E-state index is 13.4. The molecule has 0 aliphatic carbocycles. The molecule has 0 N–H and O–H groups in total. The maximum absolute atomic E-state index is 13.4. The number of hydrogen-bond acceptors (Lipinski definition) is 4. The number of halogens is 2. The highest BCUT2D eigenvalue weighted by atomic mass is 79.9. The molecule has 0 spiro atoms. The lowest BCUT2D eigenvalue weighted by molar-refractivity contribution is -0.388. The summed E-state index contributed by atoms with van der Waals surface area (Å²) in [4.78, 5) is 20.8. The molecular weight excluding hydrogens is 285 g/mol. The summed E-state index contributed by atoms with van der Waals surface area (Å²) in [6.07, 6.45) is -0.336. The Labute approximate surface area is 98.5 Å². The number of carbonyl (C=O) groups is 1. The van der Waals surface area contributed by atoms with Gasteiger partial charge in [0.05, 0.1) is 22.9 Å². The predicted molar refractivity (Wildman–Crippen MR) is 56.5 cm³/mol. The molecule has 16 heavy (non-hydrogen) atoms. The van der Waals surface area contributed by atoms with E-state index in [0.29, 0.717) is 0 Å². The van der Waals surface area contributed by atoms with Crippen molar-refractivity contribution >= 4 is 27.6 Å². The first-order valence-corrected chi connectivity index (χ1v) is 4.94. The average molecular weight is 292 g/mol. The maximum Gasteiger partial charge on any atom is 0.310 e. The van der Waals surface area contributed by atoms with Gasteiger partial charge in [-0.3, -0.25) is 14.9 Å². The van der Waals surface area contributed by atoms with Crippen molar-refractivity contribution in [3.05, 3.63) is 38.1 Å². The van der Waals surface area contributed by atoms with Crippen LogP contribution in [0.1, 0.15) is 5.56 Å². The Morgan fingerprint density at radius 1 is 1.62 bits per heavy atom. The van der Waals surface area contributed by atoms with E-state index < -0.39 is 22.4 Å². The van der Waals surface area contributed by atoms with Gasteiger partial charge in [-0.05, 0) is 22.0 Å². The molecule has 0 bridgehead atoms.